The van der Waals surface area contributed by atoms with Gasteiger partial charge in [-0.05, 0) is 6.07 Å². The number of carbonyl (C=O) groups is 2. The quantitative estimate of drug-likeness (QED) is 0.522. The van der Waals surface area contributed by atoms with Gasteiger partial charge in [0.2, 0.25) is 0 Å². The summed E-state index contributed by atoms with van der Waals surface area (Å²) in [4.78, 5) is 22.5. The molecule has 1 unspecified atom stereocenters. The predicted octanol–water partition coefficient (Wildman–Crippen LogP) is -0.189. The SMILES string of the molecule is COC(=O)C(O)CNC(=O)c1cc(F)c(F)cc1N. The lowest BCUT2D eigenvalue weighted by molar-refractivity contribution is -0.149. The van der Waals surface area contributed by atoms with Crippen LogP contribution in [0, 0.1) is 11.6 Å². The van der Waals surface area contributed by atoms with Gasteiger partial charge in [-0.25, -0.2) is 13.6 Å². The van der Waals surface area contributed by atoms with Crippen LogP contribution in [0.15, 0.2) is 12.1 Å². The van der Waals surface area contributed by atoms with E-state index in [-0.39, 0.29) is 11.3 Å². The second-order valence-electron chi connectivity index (χ2n) is 3.60. The highest BCUT2D eigenvalue weighted by atomic mass is 19.2. The van der Waals surface area contributed by atoms with Crippen LogP contribution in [0.3, 0.4) is 0 Å². The zero-order valence-electron chi connectivity index (χ0n) is 9.94. The lowest BCUT2D eigenvalue weighted by Crippen LogP contribution is -2.37. The van der Waals surface area contributed by atoms with Crippen molar-refractivity contribution in [2.24, 2.45) is 0 Å². The second kappa shape index (κ2) is 6.10. The number of nitrogen functional groups attached to an aromatic ring is 1. The Balaban J connectivity index is 2.74. The molecule has 8 heteroatoms. The van der Waals surface area contributed by atoms with Crippen molar-refractivity contribution in [3.05, 3.63) is 29.3 Å². The molecule has 0 aliphatic rings. The van der Waals surface area contributed by atoms with Crippen LogP contribution in [0.5, 0.6) is 0 Å². The lowest BCUT2D eigenvalue weighted by atomic mass is 10.1. The van der Waals surface area contributed by atoms with Crippen molar-refractivity contribution in [3.63, 3.8) is 0 Å². The van der Waals surface area contributed by atoms with E-state index in [0.29, 0.717) is 12.1 Å². The van der Waals surface area contributed by atoms with Gasteiger partial charge in [-0.3, -0.25) is 4.79 Å². The Hall–Kier alpha value is -2.22. The molecule has 19 heavy (non-hydrogen) atoms. The molecular formula is C11H12F2N2O4. The molecule has 0 saturated heterocycles. The van der Waals surface area contributed by atoms with E-state index < -0.39 is 36.2 Å². The number of nitrogens with two attached hydrogens (primary N) is 1. The number of ether oxygens (including phenoxy) is 1. The standard InChI is InChI=1S/C11H12F2N2O4/c1-19-11(18)9(16)4-15-10(17)5-2-6(12)7(13)3-8(5)14/h2-3,9,16H,4,14H2,1H3,(H,15,17). The highest BCUT2D eigenvalue weighted by Gasteiger charge is 2.19. The maximum Gasteiger partial charge on any atom is 0.336 e. The summed E-state index contributed by atoms with van der Waals surface area (Å²) < 4.78 is 30.0. The minimum Gasteiger partial charge on any atom is -0.467 e. The van der Waals surface area contributed by atoms with Crippen molar-refractivity contribution in [1.29, 1.82) is 0 Å². The topological polar surface area (TPSA) is 102 Å². The molecule has 0 fully saturated rings. The van der Waals surface area contributed by atoms with Crippen LogP contribution in [-0.2, 0) is 9.53 Å². The number of aliphatic hydroxyl groups excluding tert-OH is 1. The average Bonchev–Trinajstić information content (AvgIpc) is 2.38. The summed E-state index contributed by atoms with van der Waals surface area (Å²) in [5, 5.41) is 11.4. The lowest BCUT2D eigenvalue weighted by Gasteiger charge is -2.11. The molecule has 104 valence electrons. The van der Waals surface area contributed by atoms with Gasteiger partial charge in [-0.15, -0.1) is 0 Å². The zero-order chi connectivity index (χ0) is 14.6. The maximum atomic E-state index is 13.0. The van der Waals surface area contributed by atoms with Gasteiger partial charge >= 0.3 is 5.97 Å². The van der Waals surface area contributed by atoms with Gasteiger partial charge in [-0.1, -0.05) is 0 Å². The molecule has 4 N–H and O–H groups in total. The number of halogens is 2. The number of hydrogen-bond donors (Lipinski definition) is 3. The molecule has 1 rings (SSSR count). The number of benzene rings is 1. The van der Waals surface area contributed by atoms with Gasteiger partial charge in [0.25, 0.3) is 5.91 Å². The molecule has 0 radical (unpaired) electrons. The Kier molecular flexibility index (Phi) is 4.76. The van der Waals surface area contributed by atoms with E-state index in [1.807, 2.05) is 0 Å². The number of nitrogens with one attached hydrogen (secondary N) is 1. The molecule has 0 bridgehead atoms. The fraction of sp³-hybridized carbons (Fsp3) is 0.273. The van der Waals surface area contributed by atoms with Crippen molar-refractivity contribution in [1.82, 2.24) is 5.32 Å². The number of anilines is 1. The summed E-state index contributed by atoms with van der Waals surface area (Å²) in [6.07, 6.45) is -1.56. The van der Waals surface area contributed by atoms with Gasteiger partial charge < -0.3 is 20.9 Å². The molecule has 0 aliphatic carbocycles. The van der Waals surface area contributed by atoms with Gasteiger partial charge in [0.15, 0.2) is 17.7 Å². The van der Waals surface area contributed by atoms with Crippen LogP contribution >= 0.6 is 0 Å². The third-order valence-corrected chi connectivity index (χ3v) is 2.27. The number of rotatable bonds is 4. The fourth-order valence-electron chi connectivity index (χ4n) is 1.26. The zero-order valence-corrected chi connectivity index (χ0v) is 9.94. The Morgan fingerprint density at radius 2 is 2.00 bits per heavy atom. The Morgan fingerprint density at radius 3 is 2.58 bits per heavy atom. The maximum absolute atomic E-state index is 13.0. The van der Waals surface area contributed by atoms with Crippen LogP contribution < -0.4 is 11.1 Å². The van der Waals surface area contributed by atoms with E-state index in [1.165, 1.54) is 0 Å². The van der Waals surface area contributed by atoms with E-state index >= 15 is 0 Å². The Bertz CT molecular complexity index is 508. The highest BCUT2D eigenvalue weighted by Crippen LogP contribution is 2.16. The van der Waals surface area contributed by atoms with Crippen molar-refractivity contribution >= 4 is 17.6 Å². The summed E-state index contributed by atoms with van der Waals surface area (Å²) >= 11 is 0. The summed E-state index contributed by atoms with van der Waals surface area (Å²) in [6.45, 7) is -0.441. The van der Waals surface area contributed by atoms with Gasteiger partial charge in [0.1, 0.15) is 0 Å². The van der Waals surface area contributed by atoms with E-state index in [0.717, 1.165) is 7.11 Å². The van der Waals surface area contributed by atoms with Crippen molar-refractivity contribution < 1.29 is 28.2 Å². The molecule has 1 amide bonds. The Labute approximate surface area is 107 Å². The molecule has 0 saturated carbocycles. The normalized spacial score (nSPS) is 11.8. The van der Waals surface area contributed by atoms with Crippen LogP contribution in [0.1, 0.15) is 10.4 Å². The van der Waals surface area contributed by atoms with E-state index in [1.54, 1.807) is 0 Å². The van der Waals surface area contributed by atoms with Crippen LogP contribution in [-0.4, -0.2) is 36.7 Å². The van der Waals surface area contributed by atoms with Gasteiger partial charge in [-0.2, -0.15) is 0 Å². The number of amides is 1. The van der Waals surface area contributed by atoms with E-state index in [2.05, 4.69) is 10.1 Å². The largest absolute Gasteiger partial charge is 0.467 e. The summed E-state index contributed by atoms with van der Waals surface area (Å²) in [5.41, 5.74) is 4.81. The first-order chi connectivity index (χ1) is 8.86. The van der Waals surface area contributed by atoms with Crippen molar-refractivity contribution in [3.8, 4) is 0 Å². The van der Waals surface area contributed by atoms with Crippen LogP contribution in [0.4, 0.5) is 14.5 Å². The van der Waals surface area contributed by atoms with Crippen molar-refractivity contribution in [2.75, 3.05) is 19.4 Å². The first-order valence-electron chi connectivity index (χ1n) is 5.15. The minimum atomic E-state index is -1.56. The minimum absolute atomic E-state index is 0.260. The summed E-state index contributed by atoms with van der Waals surface area (Å²) in [6, 6.07) is 1.30. The predicted molar refractivity (Wildman–Crippen MR) is 61.1 cm³/mol. The third kappa shape index (κ3) is 3.62. The smallest absolute Gasteiger partial charge is 0.336 e. The first-order valence-corrected chi connectivity index (χ1v) is 5.15. The number of carbonyl (C=O) groups excluding carboxylic acids is 2. The third-order valence-electron chi connectivity index (χ3n) is 2.27. The van der Waals surface area contributed by atoms with Crippen LogP contribution in [0.25, 0.3) is 0 Å². The van der Waals surface area contributed by atoms with Crippen molar-refractivity contribution in [2.45, 2.75) is 6.10 Å². The molecule has 1 atom stereocenters. The molecule has 6 nitrogen and oxygen atoms in total. The fourth-order valence-corrected chi connectivity index (χ4v) is 1.26. The summed E-state index contributed by atoms with van der Waals surface area (Å²) in [5.74, 6) is -4.19. The number of esters is 1. The second-order valence-corrected chi connectivity index (χ2v) is 3.60. The van der Waals surface area contributed by atoms with E-state index in [4.69, 9.17) is 5.73 Å². The Morgan fingerprint density at radius 1 is 1.42 bits per heavy atom. The highest BCUT2D eigenvalue weighted by molar-refractivity contribution is 5.99. The monoisotopic (exact) mass is 274 g/mol. The first kappa shape index (κ1) is 14.8. The molecular weight excluding hydrogens is 262 g/mol. The summed E-state index contributed by atoms with van der Waals surface area (Å²) in [7, 11) is 1.07. The van der Waals surface area contributed by atoms with E-state index in [9.17, 15) is 23.5 Å². The molecule has 0 aromatic heterocycles. The molecule has 0 spiro atoms. The van der Waals surface area contributed by atoms with Crippen LogP contribution in [0.2, 0.25) is 0 Å². The molecule has 1 aromatic carbocycles. The average molecular weight is 274 g/mol. The van der Waals surface area contributed by atoms with Gasteiger partial charge in [0.05, 0.1) is 19.2 Å². The van der Waals surface area contributed by atoms with Gasteiger partial charge in [0, 0.05) is 11.8 Å². The number of hydrogen-bond acceptors (Lipinski definition) is 5. The number of aliphatic hydroxyl groups is 1. The molecule has 0 aliphatic heterocycles. The molecule has 0 heterocycles. The number of methoxy groups -OCH3 is 1. The molecule has 1 aromatic rings.